The Labute approximate surface area is 136 Å². The lowest BCUT2D eigenvalue weighted by Gasteiger charge is -2.24. The van der Waals surface area contributed by atoms with E-state index in [9.17, 15) is 0 Å². The first-order valence-corrected chi connectivity index (χ1v) is 8.38. The van der Waals surface area contributed by atoms with E-state index in [2.05, 4.69) is 91.4 Å². The highest BCUT2D eigenvalue weighted by molar-refractivity contribution is 9.10. The van der Waals surface area contributed by atoms with Crippen molar-refractivity contribution in [3.63, 3.8) is 0 Å². The van der Waals surface area contributed by atoms with E-state index in [1.165, 1.54) is 22.3 Å². The van der Waals surface area contributed by atoms with Gasteiger partial charge in [0, 0.05) is 16.6 Å². The van der Waals surface area contributed by atoms with Gasteiger partial charge in [-0.05, 0) is 50.5 Å². The zero-order valence-electron chi connectivity index (χ0n) is 13.3. The molecule has 2 aromatic carbocycles. The average molecular weight is 346 g/mol. The molecule has 0 aliphatic heterocycles. The fourth-order valence-corrected chi connectivity index (χ4v) is 3.07. The minimum atomic E-state index is 0.345. The zero-order chi connectivity index (χ0) is 15.4. The molecule has 0 aromatic heterocycles. The van der Waals surface area contributed by atoms with E-state index in [4.69, 9.17) is 0 Å². The molecule has 2 aromatic rings. The van der Waals surface area contributed by atoms with Gasteiger partial charge in [-0.15, -0.1) is 0 Å². The molecule has 0 amide bonds. The maximum Gasteiger partial charge on any atom is 0.0323 e. The summed E-state index contributed by atoms with van der Waals surface area (Å²) in [6.07, 6.45) is 1.08. The highest BCUT2D eigenvalue weighted by Gasteiger charge is 2.14. The van der Waals surface area contributed by atoms with Crippen LogP contribution in [0.1, 0.15) is 54.6 Å². The van der Waals surface area contributed by atoms with Crippen molar-refractivity contribution in [2.45, 2.75) is 46.2 Å². The predicted octanol–water partition coefficient (Wildman–Crippen LogP) is 5.87. The summed E-state index contributed by atoms with van der Waals surface area (Å²) in [5.41, 5.74) is 5.37. The van der Waals surface area contributed by atoms with E-state index >= 15 is 0 Å². The van der Waals surface area contributed by atoms with Gasteiger partial charge in [-0.25, -0.2) is 0 Å². The third-order valence-electron chi connectivity index (χ3n) is 3.88. The lowest BCUT2D eigenvalue weighted by atomic mass is 9.99. The van der Waals surface area contributed by atoms with Crippen molar-refractivity contribution >= 4 is 15.9 Å². The first kappa shape index (κ1) is 16.3. The van der Waals surface area contributed by atoms with Crippen molar-refractivity contribution in [2.24, 2.45) is 0 Å². The van der Waals surface area contributed by atoms with Crippen LogP contribution in [0.2, 0.25) is 0 Å². The minimum Gasteiger partial charge on any atom is -0.303 e. The third-order valence-corrected chi connectivity index (χ3v) is 4.40. The molecule has 2 rings (SSSR count). The van der Waals surface area contributed by atoms with Gasteiger partial charge in [0.2, 0.25) is 0 Å². The summed E-state index contributed by atoms with van der Waals surface area (Å²) in [4.78, 5) is 0. The van der Waals surface area contributed by atoms with Crippen molar-refractivity contribution < 1.29 is 0 Å². The number of hydrogen-bond donors (Lipinski definition) is 1. The quantitative estimate of drug-likeness (QED) is 0.714. The standard InChI is InChI=1S/C19H24BrN/c1-5-19(16-6-8-18(20)9-7-16)21-15(4)17-11-13(2)10-14(3)12-17/h6-12,15,19,21H,5H2,1-4H3. The number of hydrogen-bond acceptors (Lipinski definition) is 1. The van der Waals surface area contributed by atoms with E-state index in [0.717, 1.165) is 10.9 Å². The van der Waals surface area contributed by atoms with Crippen LogP contribution in [0.25, 0.3) is 0 Å². The van der Waals surface area contributed by atoms with Crippen molar-refractivity contribution in [2.75, 3.05) is 0 Å². The van der Waals surface area contributed by atoms with Gasteiger partial charge in [0.05, 0.1) is 0 Å². The molecular formula is C19H24BrN. The number of aryl methyl sites for hydroxylation is 2. The molecule has 21 heavy (non-hydrogen) atoms. The largest absolute Gasteiger partial charge is 0.303 e. The van der Waals surface area contributed by atoms with Crippen LogP contribution in [0, 0.1) is 13.8 Å². The predicted molar refractivity (Wildman–Crippen MR) is 94.6 cm³/mol. The van der Waals surface area contributed by atoms with Crippen LogP contribution in [0.5, 0.6) is 0 Å². The molecule has 0 saturated heterocycles. The first-order valence-electron chi connectivity index (χ1n) is 7.59. The molecule has 1 N–H and O–H groups in total. The molecule has 0 aliphatic rings. The van der Waals surface area contributed by atoms with Crippen LogP contribution in [-0.2, 0) is 0 Å². The Morgan fingerprint density at radius 1 is 0.952 bits per heavy atom. The number of nitrogens with one attached hydrogen (secondary N) is 1. The fourth-order valence-electron chi connectivity index (χ4n) is 2.80. The molecule has 0 radical (unpaired) electrons. The normalized spacial score (nSPS) is 14.0. The molecule has 0 heterocycles. The lowest BCUT2D eigenvalue weighted by Crippen LogP contribution is -2.24. The summed E-state index contributed by atoms with van der Waals surface area (Å²) in [6, 6.07) is 16.1. The zero-order valence-corrected chi connectivity index (χ0v) is 14.9. The Bertz CT molecular complexity index is 569. The van der Waals surface area contributed by atoms with Crippen molar-refractivity contribution in [3.8, 4) is 0 Å². The van der Waals surface area contributed by atoms with Crippen LogP contribution in [0.4, 0.5) is 0 Å². The van der Waals surface area contributed by atoms with Crippen LogP contribution in [-0.4, -0.2) is 0 Å². The number of benzene rings is 2. The van der Waals surface area contributed by atoms with Crippen LogP contribution < -0.4 is 5.32 Å². The van der Waals surface area contributed by atoms with Crippen LogP contribution >= 0.6 is 15.9 Å². The molecular weight excluding hydrogens is 322 g/mol. The molecule has 0 bridgehead atoms. The third kappa shape index (κ3) is 4.42. The number of rotatable bonds is 5. The average Bonchev–Trinajstić information content (AvgIpc) is 2.44. The SMILES string of the molecule is CCC(NC(C)c1cc(C)cc(C)c1)c1ccc(Br)cc1. The molecule has 1 nitrogen and oxygen atoms in total. The van der Waals surface area contributed by atoms with Crippen LogP contribution in [0.3, 0.4) is 0 Å². The van der Waals surface area contributed by atoms with Crippen LogP contribution in [0.15, 0.2) is 46.9 Å². The molecule has 0 spiro atoms. The second-order valence-corrected chi connectivity index (χ2v) is 6.74. The summed E-state index contributed by atoms with van der Waals surface area (Å²) in [6.45, 7) is 8.80. The highest BCUT2D eigenvalue weighted by atomic mass is 79.9. The van der Waals surface area contributed by atoms with E-state index in [1.54, 1.807) is 0 Å². The maximum absolute atomic E-state index is 3.76. The topological polar surface area (TPSA) is 12.0 Å². The van der Waals surface area contributed by atoms with E-state index in [-0.39, 0.29) is 0 Å². The van der Waals surface area contributed by atoms with Gasteiger partial charge < -0.3 is 5.32 Å². The molecule has 0 aliphatic carbocycles. The van der Waals surface area contributed by atoms with Crippen molar-refractivity contribution in [1.29, 1.82) is 0 Å². The van der Waals surface area contributed by atoms with Gasteiger partial charge in [-0.3, -0.25) is 0 Å². The van der Waals surface area contributed by atoms with Gasteiger partial charge in [0.15, 0.2) is 0 Å². The highest BCUT2D eigenvalue weighted by Crippen LogP contribution is 2.24. The fraction of sp³-hybridized carbons (Fsp3) is 0.368. The van der Waals surface area contributed by atoms with E-state index < -0.39 is 0 Å². The summed E-state index contributed by atoms with van der Waals surface area (Å²) in [7, 11) is 0. The Kier molecular flexibility index (Phi) is 5.60. The monoisotopic (exact) mass is 345 g/mol. The Balaban J connectivity index is 2.15. The smallest absolute Gasteiger partial charge is 0.0323 e. The second-order valence-electron chi connectivity index (χ2n) is 5.82. The summed E-state index contributed by atoms with van der Waals surface area (Å²) < 4.78 is 1.13. The van der Waals surface area contributed by atoms with Crippen molar-refractivity contribution in [1.82, 2.24) is 5.32 Å². The van der Waals surface area contributed by atoms with Gasteiger partial charge in [-0.2, -0.15) is 0 Å². The maximum atomic E-state index is 3.76. The molecule has 2 heteroatoms. The summed E-state index contributed by atoms with van der Waals surface area (Å²) in [5.74, 6) is 0. The van der Waals surface area contributed by atoms with Gasteiger partial charge >= 0.3 is 0 Å². The Morgan fingerprint density at radius 3 is 2.05 bits per heavy atom. The number of halogens is 1. The summed E-state index contributed by atoms with van der Waals surface area (Å²) in [5, 5.41) is 3.76. The van der Waals surface area contributed by atoms with Gasteiger partial charge in [0.1, 0.15) is 0 Å². The molecule has 2 atom stereocenters. The van der Waals surface area contributed by atoms with Gasteiger partial charge in [0.25, 0.3) is 0 Å². The lowest BCUT2D eigenvalue weighted by molar-refractivity contribution is 0.456. The molecule has 2 unspecified atom stereocenters. The molecule has 0 saturated carbocycles. The minimum absolute atomic E-state index is 0.345. The molecule has 112 valence electrons. The van der Waals surface area contributed by atoms with E-state index in [0.29, 0.717) is 12.1 Å². The Morgan fingerprint density at radius 2 is 1.52 bits per heavy atom. The van der Waals surface area contributed by atoms with Gasteiger partial charge in [-0.1, -0.05) is 64.3 Å². The molecule has 0 fully saturated rings. The van der Waals surface area contributed by atoms with Crippen molar-refractivity contribution in [3.05, 3.63) is 69.2 Å². The second kappa shape index (κ2) is 7.24. The van der Waals surface area contributed by atoms with E-state index in [1.807, 2.05) is 0 Å². The summed E-state index contributed by atoms with van der Waals surface area (Å²) >= 11 is 3.50. The Hall–Kier alpha value is -1.12. The first-order chi connectivity index (χ1) is 9.99.